The summed E-state index contributed by atoms with van der Waals surface area (Å²) in [4.78, 5) is 16.0. The molecule has 0 saturated heterocycles. The summed E-state index contributed by atoms with van der Waals surface area (Å²) in [6.45, 7) is 6.19. The minimum absolute atomic E-state index is 0.0536. The number of carboxylic acids is 1. The van der Waals surface area contributed by atoms with Crippen molar-refractivity contribution in [1.29, 1.82) is 0 Å². The predicted octanol–water partition coefficient (Wildman–Crippen LogP) is 3.02. The lowest BCUT2D eigenvalue weighted by atomic mass is 9.98. The molecule has 2 rings (SSSR count). The first-order chi connectivity index (χ1) is 6.89. The molecule has 0 amide bonds. The fraction of sp³-hybridized carbons (Fsp3) is 0.636. The van der Waals surface area contributed by atoms with Crippen molar-refractivity contribution in [3.8, 4) is 0 Å². The highest BCUT2D eigenvalue weighted by Crippen LogP contribution is 2.44. The minimum Gasteiger partial charge on any atom is -0.477 e. The Bertz CT molecular complexity index is 399. The van der Waals surface area contributed by atoms with Gasteiger partial charge in [0.2, 0.25) is 0 Å². The Hall–Kier alpha value is -0.900. The van der Waals surface area contributed by atoms with Gasteiger partial charge in [-0.1, -0.05) is 20.8 Å². The first-order valence-electron chi connectivity index (χ1n) is 5.14. The molecule has 82 valence electrons. The molecule has 1 N–H and O–H groups in total. The van der Waals surface area contributed by atoms with Crippen molar-refractivity contribution >= 4 is 17.3 Å². The van der Waals surface area contributed by atoms with Gasteiger partial charge in [0.15, 0.2) is 0 Å². The Balaban J connectivity index is 2.44. The summed E-state index contributed by atoms with van der Waals surface area (Å²) in [7, 11) is 0. The molecule has 0 unspecified atom stereocenters. The number of hydrogen-bond donors (Lipinski definition) is 1. The van der Waals surface area contributed by atoms with Gasteiger partial charge in [-0.15, -0.1) is 11.3 Å². The van der Waals surface area contributed by atoms with Crippen molar-refractivity contribution in [2.45, 2.75) is 44.9 Å². The fourth-order valence-electron chi connectivity index (χ4n) is 1.44. The number of thiazole rings is 1. The molecule has 0 radical (unpaired) electrons. The van der Waals surface area contributed by atoms with Crippen LogP contribution in [0.15, 0.2) is 0 Å². The number of hydrogen-bond acceptors (Lipinski definition) is 3. The minimum atomic E-state index is -0.829. The van der Waals surface area contributed by atoms with E-state index in [0.29, 0.717) is 10.8 Å². The van der Waals surface area contributed by atoms with E-state index in [2.05, 4.69) is 25.8 Å². The molecule has 0 atom stereocenters. The van der Waals surface area contributed by atoms with Crippen LogP contribution in [0, 0.1) is 0 Å². The molecule has 1 fully saturated rings. The second-order valence-corrected chi connectivity index (χ2v) is 6.06. The van der Waals surface area contributed by atoms with Crippen LogP contribution in [0.25, 0.3) is 0 Å². The standard InChI is InChI=1S/C11H15NO2S/c1-11(2,3)10-12-7(6-4-5-6)8(15-10)9(13)14/h6H,4-5H2,1-3H3,(H,13,14). The van der Waals surface area contributed by atoms with Gasteiger partial charge in [0.05, 0.1) is 10.7 Å². The van der Waals surface area contributed by atoms with Crippen molar-refractivity contribution < 1.29 is 9.90 Å². The van der Waals surface area contributed by atoms with Gasteiger partial charge in [-0.05, 0) is 12.8 Å². The number of aromatic nitrogens is 1. The highest BCUT2D eigenvalue weighted by Gasteiger charge is 2.33. The van der Waals surface area contributed by atoms with Crippen LogP contribution < -0.4 is 0 Å². The van der Waals surface area contributed by atoms with Gasteiger partial charge in [0, 0.05) is 11.3 Å². The smallest absolute Gasteiger partial charge is 0.347 e. The quantitative estimate of drug-likeness (QED) is 0.841. The molecule has 3 nitrogen and oxygen atoms in total. The first-order valence-corrected chi connectivity index (χ1v) is 5.95. The van der Waals surface area contributed by atoms with Gasteiger partial charge in [0.25, 0.3) is 0 Å². The van der Waals surface area contributed by atoms with Crippen molar-refractivity contribution in [2.75, 3.05) is 0 Å². The zero-order valence-corrected chi connectivity index (χ0v) is 10.0. The lowest BCUT2D eigenvalue weighted by molar-refractivity contribution is 0.0700. The van der Waals surface area contributed by atoms with Crippen molar-refractivity contribution in [1.82, 2.24) is 4.98 Å². The monoisotopic (exact) mass is 225 g/mol. The van der Waals surface area contributed by atoms with Crippen molar-refractivity contribution in [3.63, 3.8) is 0 Å². The van der Waals surface area contributed by atoms with Crippen LogP contribution in [-0.4, -0.2) is 16.1 Å². The maximum atomic E-state index is 11.1. The molecule has 1 aromatic heterocycles. The summed E-state index contributed by atoms with van der Waals surface area (Å²) in [5.74, 6) is -0.423. The first kappa shape index (κ1) is 10.6. The third kappa shape index (κ3) is 2.04. The topological polar surface area (TPSA) is 50.2 Å². The van der Waals surface area contributed by atoms with E-state index in [9.17, 15) is 4.79 Å². The number of nitrogens with zero attached hydrogens (tertiary/aromatic N) is 1. The van der Waals surface area contributed by atoms with Crippen LogP contribution in [0.1, 0.15) is 59.9 Å². The molecule has 0 spiro atoms. The van der Waals surface area contributed by atoms with Gasteiger partial charge in [0.1, 0.15) is 4.88 Å². The van der Waals surface area contributed by atoms with Crippen molar-refractivity contribution in [3.05, 3.63) is 15.6 Å². The second-order valence-electron chi connectivity index (χ2n) is 5.06. The summed E-state index contributed by atoms with van der Waals surface area (Å²) in [6, 6.07) is 0. The number of aromatic carboxylic acids is 1. The van der Waals surface area contributed by atoms with Crippen molar-refractivity contribution in [2.24, 2.45) is 0 Å². The Morgan fingerprint density at radius 1 is 1.47 bits per heavy atom. The summed E-state index contributed by atoms with van der Waals surface area (Å²) in [5, 5.41) is 10.0. The third-order valence-corrected chi connectivity index (χ3v) is 3.94. The largest absolute Gasteiger partial charge is 0.477 e. The van der Waals surface area contributed by atoms with Gasteiger partial charge in [-0.25, -0.2) is 9.78 Å². The Morgan fingerprint density at radius 3 is 2.47 bits per heavy atom. The molecule has 1 heterocycles. The van der Waals surface area contributed by atoms with Crippen LogP contribution >= 0.6 is 11.3 Å². The number of rotatable bonds is 2. The Kier molecular flexibility index (Phi) is 2.34. The van der Waals surface area contributed by atoms with Crippen LogP contribution in [-0.2, 0) is 5.41 Å². The van der Waals surface area contributed by atoms with E-state index >= 15 is 0 Å². The van der Waals surface area contributed by atoms with Gasteiger partial charge >= 0.3 is 5.97 Å². The average Bonchev–Trinajstić information content (AvgIpc) is 2.81. The molecule has 0 aliphatic heterocycles. The molecule has 15 heavy (non-hydrogen) atoms. The lowest BCUT2D eigenvalue weighted by Gasteiger charge is -2.13. The molecule has 1 aromatic rings. The SMILES string of the molecule is CC(C)(C)c1nc(C2CC2)c(C(=O)O)s1. The van der Waals surface area contributed by atoms with E-state index in [0.717, 1.165) is 23.5 Å². The molecule has 0 aromatic carbocycles. The maximum absolute atomic E-state index is 11.1. The maximum Gasteiger partial charge on any atom is 0.347 e. The van der Waals surface area contributed by atoms with Gasteiger partial charge < -0.3 is 5.11 Å². The van der Waals surface area contributed by atoms with Crippen LogP contribution in [0.5, 0.6) is 0 Å². The van der Waals surface area contributed by atoms with Crippen LogP contribution in [0.4, 0.5) is 0 Å². The number of carboxylic acid groups (broad SMARTS) is 1. The summed E-state index contributed by atoms with van der Waals surface area (Å²) in [5.41, 5.74) is 0.763. The molecule has 1 saturated carbocycles. The molecule has 1 aliphatic carbocycles. The molecule has 0 bridgehead atoms. The molecule has 4 heteroatoms. The van der Waals surface area contributed by atoms with E-state index in [4.69, 9.17) is 5.11 Å². The second kappa shape index (κ2) is 3.30. The average molecular weight is 225 g/mol. The Labute approximate surface area is 93.2 Å². The number of carbonyl (C=O) groups is 1. The summed E-state index contributed by atoms with van der Waals surface area (Å²) >= 11 is 1.33. The van der Waals surface area contributed by atoms with E-state index < -0.39 is 5.97 Å². The van der Waals surface area contributed by atoms with E-state index in [-0.39, 0.29) is 5.41 Å². The molecular formula is C11H15NO2S. The Morgan fingerprint density at radius 2 is 2.07 bits per heavy atom. The fourth-order valence-corrected chi connectivity index (χ4v) is 2.49. The molecule has 1 aliphatic rings. The summed E-state index contributed by atoms with van der Waals surface area (Å²) < 4.78 is 0. The highest BCUT2D eigenvalue weighted by atomic mass is 32.1. The van der Waals surface area contributed by atoms with E-state index in [1.807, 2.05) is 0 Å². The predicted molar refractivity (Wildman–Crippen MR) is 59.7 cm³/mol. The molecular weight excluding hydrogens is 210 g/mol. The zero-order chi connectivity index (χ0) is 11.2. The van der Waals surface area contributed by atoms with Gasteiger partial charge in [-0.3, -0.25) is 0 Å². The van der Waals surface area contributed by atoms with Crippen LogP contribution in [0.3, 0.4) is 0 Å². The lowest BCUT2D eigenvalue weighted by Crippen LogP contribution is -2.10. The van der Waals surface area contributed by atoms with Crippen LogP contribution in [0.2, 0.25) is 0 Å². The normalized spacial score (nSPS) is 16.7. The third-order valence-electron chi connectivity index (χ3n) is 2.45. The zero-order valence-electron chi connectivity index (χ0n) is 9.20. The highest BCUT2D eigenvalue weighted by molar-refractivity contribution is 7.13. The van der Waals surface area contributed by atoms with E-state index in [1.54, 1.807) is 0 Å². The summed E-state index contributed by atoms with van der Waals surface area (Å²) in [6.07, 6.45) is 2.18. The van der Waals surface area contributed by atoms with Gasteiger partial charge in [-0.2, -0.15) is 0 Å². The van der Waals surface area contributed by atoms with E-state index in [1.165, 1.54) is 11.3 Å².